The Morgan fingerprint density at radius 3 is 2.74 bits per heavy atom. The molecule has 0 bridgehead atoms. The molecule has 0 aromatic heterocycles. The lowest BCUT2D eigenvalue weighted by Crippen LogP contribution is -2.06. The minimum Gasteiger partial charge on any atom is -0.508 e. The number of ether oxygens (including phenoxy) is 1. The topological polar surface area (TPSA) is 72.6 Å². The van der Waals surface area contributed by atoms with Gasteiger partial charge in [-0.15, -0.1) is 0 Å². The van der Waals surface area contributed by atoms with Gasteiger partial charge in [0.05, 0.1) is 10.6 Å². The van der Waals surface area contributed by atoms with Crippen molar-refractivity contribution in [3.05, 3.63) is 58.6 Å². The molecule has 0 fully saturated rings. The molecule has 0 amide bonds. The predicted molar refractivity (Wildman–Crippen MR) is 73.1 cm³/mol. The average molecular weight is 278 g/mol. The molecule has 98 valence electrons. The first-order valence-electron chi connectivity index (χ1n) is 5.56. The first-order valence-corrected chi connectivity index (χ1v) is 5.94. The highest BCUT2D eigenvalue weighted by molar-refractivity contribution is 6.33. The van der Waals surface area contributed by atoms with Gasteiger partial charge in [0.15, 0.2) is 0 Å². The Balaban J connectivity index is 2.05. The summed E-state index contributed by atoms with van der Waals surface area (Å²) in [5.74, 6) is -0.410. The first-order chi connectivity index (χ1) is 9.06. The molecule has 5 heteroatoms. The molecular formula is C14H12ClNO3. The zero-order valence-electron chi connectivity index (χ0n) is 9.97. The number of nitrogens with two attached hydrogens (primary N) is 1. The van der Waals surface area contributed by atoms with Gasteiger partial charge >= 0.3 is 5.97 Å². The van der Waals surface area contributed by atoms with E-state index in [1.54, 1.807) is 24.3 Å². The van der Waals surface area contributed by atoms with Crippen LogP contribution in [0.5, 0.6) is 5.75 Å². The molecule has 2 aromatic carbocycles. The van der Waals surface area contributed by atoms with Gasteiger partial charge in [-0.1, -0.05) is 23.7 Å². The van der Waals surface area contributed by atoms with Crippen molar-refractivity contribution in [2.75, 3.05) is 5.73 Å². The number of aromatic hydroxyl groups is 1. The highest BCUT2D eigenvalue weighted by Crippen LogP contribution is 2.20. The lowest BCUT2D eigenvalue weighted by Gasteiger charge is -2.07. The van der Waals surface area contributed by atoms with E-state index in [-0.39, 0.29) is 22.9 Å². The zero-order chi connectivity index (χ0) is 13.8. The third kappa shape index (κ3) is 3.39. The number of rotatable bonds is 3. The zero-order valence-corrected chi connectivity index (χ0v) is 10.7. The molecule has 0 aliphatic heterocycles. The molecule has 2 rings (SSSR count). The summed E-state index contributed by atoms with van der Waals surface area (Å²) in [6.07, 6.45) is 0. The maximum Gasteiger partial charge on any atom is 0.339 e. The molecule has 0 atom stereocenters. The summed E-state index contributed by atoms with van der Waals surface area (Å²) in [4.78, 5) is 11.8. The van der Waals surface area contributed by atoms with Crippen LogP contribution in [0, 0.1) is 0 Å². The molecule has 0 aliphatic carbocycles. The van der Waals surface area contributed by atoms with E-state index in [0.717, 1.165) is 0 Å². The van der Waals surface area contributed by atoms with E-state index in [0.29, 0.717) is 11.3 Å². The summed E-state index contributed by atoms with van der Waals surface area (Å²) in [6, 6.07) is 11.1. The molecule has 0 aliphatic rings. The van der Waals surface area contributed by atoms with Gasteiger partial charge in [0.25, 0.3) is 0 Å². The SMILES string of the molecule is Nc1ccc(C(=O)OCc2cccc(O)c2)c(Cl)c1. The highest BCUT2D eigenvalue weighted by atomic mass is 35.5. The number of esters is 1. The van der Waals surface area contributed by atoms with Crippen molar-refractivity contribution in [3.8, 4) is 5.75 Å². The number of carbonyl (C=O) groups excluding carboxylic acids is 1. The van der Waals surface area contributed by atoms with Crippen LogP contribution in [0.15, 0.2) is 42.5 Å². The number of phenolic OH excluding ortho intramolecular Hbond substituents is 1. The van der Waals surface area contributed by atoms with Gasteiger partial charge in [-0.3, -0.25) is 0 Å². The second-order valence-electron chi connectivity index (χ2n) is 3.99. The van der Waals surface area contributed by atoms with E-state index < -0.39 is 5.97 Å². The summed E-state index contributed by atoms with van der Waals surface area (Å²) in [6.45, 7) is 0.0634. The van der Waals surface area contributed by atoms with Crippen LogP contribution in [0.25, 0.3) is 0 Å². The van der Waals surface area contributed by atoms with Gasteiger partial charge in [0.2, 0.25) is 0 Å². The van der Waals surface area contributed by atoms with Crippen molar-refractivity contribution < 1.29 is 14.6 Å². The first kappa shape index (κ1) is 13.2. The Kier molecular flexibility index (Phi) is 3.92. The monoisotopic (exact) mass is 277 g/mol. The highest BCUT2D eigenvalue weighted by Gasteiger charge is 2.12. The van der Waals surface area contributed by atoms with Crippen LogP contribution in [0.3, 0.4) is 0 Å². The molecule has 0 radical (unpaired) electrons. The van der Waals surface area contributed by atoms with E-state index in [1.807, 2.05) is 0 Å². The van der Waals surface area contributed by atoms with Crippen molar-refractivity contribution in [2.24, 2.45) is 0 Å². The van der Waals surface area contributed by atoms with Gasteiger partial charge in [-0.25, -0.2) is 4.79 Å². The fourth-order valence-electron chi connectivity index (χ4n) is 1.57. The lowest BCUT2D eigenvalue weighted by molar-refractivity contribution is 0.0472. The van der Waals surface area contributed by atoms with Crippen molar-refractivity contribution in [1.29, 1.82) is 0 Å². The molecule has 3 N–H and O–H groups in total. The quantitative estimate of drug-likeness (QED) is 0.668. The number of phenols is 1. The van der Waals surface area contributed by atoms with Crippen LogP contribution in [0.1, 0.15) is 15.9 Å². The molecule has 0 heterocycles. The standard InChI is InChI=1S/C14H12ClNO3/c15-13-7-10(16)4-5-12(13)14(18)19-8-9-2-1-3-11(17)6-9/h1-7,17H,8,16H2. The number of hydrogen-bond acceptors (Lipinski definition) is 4. The van der Waals surface area contributed by atoms with Crippen LogP contribution < -0.4 is 5.73 Å². The maximum absolute atomic E-state index is 11.8. The smallest absolute Gasteiger partial charge is 0.339 e. The molecular weight excluding hydrogens is 266 g/mol. The number of hydrogen-bond donors (Lipinski definition) is 2. The molecule has 19 heavy (non-hydrogen) atoms. The molecule has 4 nitrogen and oxygen atoms in total. The minimum atomic E-state index is -0.534. The van der Waals surface area contributed by atoms with Crippen molar-refractivity contribution in [3.63, 3.8) is 0 Å². The normalized spacial score (nSPS) is 10.2. The molecule has 0 spiro atoms. The van der Waals surface area contributed by atoms with Crippen molar-refractivity contribution >= 4 is 23.3 Å². The maximum atomic E-state index is 11.8. The minimum absolute atomic E-state index is 0.0634. The summed E-state index contributed by atoms with van der Waals surface area (Å²) >= 11 is 5.91. The summed E-state index contributed by atoms with van der Waals surface area (Å²) in [5.41, 5.74) is 6.98. The number of nitrogen functional groups attached to an aromatic ring is 1. The van der Waals surface area contributed by atoms with Crippen molar-refractivity contribution in [2.45, 2.75) is 6.61 Å². The average Bonchev–Trinajstić information content (AvgIpc) is 2.36. The third-order valence-electron chi connectivity index (χ3n) is 2.49. The second-order valence-corrected chi connectivity index (χ2v) is 4.39. The Labute approximate surface area is 115 Å². The van der Waals surface area contributed by atoms with Crippen LogP contribution >= 0.6 is 11.6 Å². The van der Waals surface area contributed by atoms with Gasteiger partial charge in [0, 0.05) is 5.69 Å². The number of carbonyl (C=O) groups is 1. The summed E-state index contributed by atoms with van der Waals surface area (Å²) < 4.78 is 5.11. The third-order valence-corrected chi connectivity index (χ3v) is 2.81. The molecule has 2 aromatic rings. The fourth-order valence-corrected chi connectivity index (χ4v) is 1.84. The van der Waals surface area contributed by atoms with Crippen LogP contribution in [-0.4, -0.2) is 11.1 Å². The van der Waals surface area contributed by atoms with Gasteiger partial charge < -0.3 is 15.6 Å². The van der Waals surface area contributed by atoms with E-state index in [4.69, 9.17) is 22.1 Å². The van der Waals surface area contributed by atoms with Gasteiger partial charge in [-0.05, 0) is 35.9 Å². The number of anilines is 1. The van der Waals surface area contributed by atoms with Crippen molar-refractivity contribution in [1.82, 2.24) is 0 Å². The fraction of sp³-hybridized carbons (Fsp3) is 0.0714. The Hall–Kier alpha value is -2.20. The lowest BCUT2D eigenvalue weighted by atomic mass is 10.2. The largest absolute Gasteiger partial charge is 0.508 e. The van der Waals surface area contributed by atoms with Gasteiger partial charge in [-0.2, -0.15) is 0 Å². The van der Waals surface area contributed by atoms with Crippen LogP contribution in [0.4, 0.5) is 5.69 Å². The number of halogens is 1. The second kappa shape index (κ2) is 5.63. The van der Waals surface area contributed by atoms with E-state index in [9.17, 15) is 9.90 Å². The van der Waals surface area contributed by atoms with E-state index in [1.165, 1.54) is 18.2 Å². The summed E-state index contributed by atoms with van der Waals surface area (Å²) in [5, 5.41) is 9.55. The summed E-state index contributed by atoms with van der Waals surface area (Å²) in [7, 11) is 0. The van der Waals surface area contributed by atoms with Crippen LogP contribution in [0.2, 0.25) is 5.02 Å². The Morgan fingerprint density at radius 1 is 1.26 bits per heavy atom. The molecule has 0 saturated carbocycles. The Morgan fingerprint density at radius 2 is 2.05 bits per heavy atom. The molecule has 0 unspecified atom stereocenters. The van der Waals surface area contributed by atoms with Gasteiger partial charge in [0.1, 0.15) is 12.4 Å². The van der Waals surface area contributed by atoms with E-state index in [2.05, 4.69) is 0 Å². The molecule has 0 saturated heterocycles. The van der Waals surface area contributed by atoms with Crippen LogP contribution in [-0.2, 0) is 11.3 Å². The number of benzene rings is 2. The predicted octanol–water partition coefficient (Wildman–Crippen LogP) is 2.98. The Bertz CT molecular complexity index is 613. The van der Waals surface area contributed by atoms with E-state index >= 15 is 0 Å².